The van der Waals surface area contributed by atoms with Crippen molar-refractivity contribution in [2.45, 2.75) is 309 Å². The van der Waals surface area contributed by atoms with Gasteiger partial charge in [0.2, 0.25) is 0 Å². The topological polar surface area (TPSA) is 78.9 Å². The van der Waals surface area contributed by atoms with Crippen molar-refractivity contribution in [2.24, 2.45) is 0 Å². The smallest absolute Gasteiger partial charge is 0.306 e. The zero-order chi connectivity index (χ0) is 51.4. The minimum Gasteiger partial charge on any atom is -0.462 e. The molecule has 1 unspecified atom stereocenters. The van der Waals surface area contributed by atoms with E-state index in [4.69, 9.17) is 14.2 Å². The Morgan fingerprint density at radius 2 is 0.549 bits per heavy atom. The quantitative estimate of drug-likeness (QED) is 0.0261. The fourth-order valence-corrected chi connectivity index (χ4v) is 8.64. The Bertz CT molecular complexity index is 1320. The molecule has 0 radical (unpaired) electrons. The predicted octanol–water partition coefficient (Wildman–Crippen LogP) is 20.5. The van der Waals surface area contributed by atoms with Gasteiger partial charge >= 0.3 is 17.9 Å². The van der Waals surface area contributed by atoms with Crippen LogP contribution >= 0.6 is 0 Å². The number of esters is 3. The van der Waals surface area contributed by atoms with Gasteiger partial charge in [-0.2, -0.15) is 0 Å². The molecule has 0 amide bonds. The number of hydrogen-bond donors (Lipinski definition) is 0. The van der Waals surface area contributed by atoms with Gasteiger partial charge in [0.15, 0.2) is 6.10 Å². The van der Waals surface area contributed by atoms with E-state index in [1.165, 1.54) is 161 Å². The van der Waals surface area contributed by atoms with Crippen molar-refractivity contribution in [2.75, 3.05) is 13.2 Å². The standard InChI is InChI=1S/C65H114O6/c1-4-7-10-13-16-19-22-25-27-29-30-31-32-33-34-35-36-37-39-40-43-46-49-52-55-58-64(67)70-61-62(60-69-63(66)57-54-51-48-45-42-24-21-18-15-12-9-6-3)71-65(68)59-56-53-50-47-44-41-38-28-26-23-20-17-14-11-8-5-2/h7,10,16,18-19,21,25,27,30-31,33-34,62H,4-6,8-9,11-15,17,20,22-24,26,28-29,32,35-61H2,1-3H3/b10-7-,19-16-,21-18-,27-25-,31-30-,34-33-. The third-order valence-corrected chi connectivity index (χ3v) is 13.2. The van der Waals surface area contributed by atoms with Crippen LogP contribution in [0.5, 0.6) is 0 Å². The number of ether oxygens (including phenoxy) is 3. The molecular weight excluding hydrogens is 877 g/mol. The normalized spacial score (nSPS) is 12.5. The molecule has 0 aliphatic carbocycles. The van der Waals surface area contributed by atoms with E-state index in [1.54, 1.807) is 0 Å². The first-order valence-corrected chi connectivity index (χ1v) is 30.4. The number of carbonyl (C=O) groups excluding carboxylic acids is 3. The first kappa shape index (κ1) is 67.8. The molecule has 0 N–H and O–H groups in total. The molecule has 0 aromatic heterocycles. The summed E-state index contributed by atoms with van der Waals surface area (Å²) in [6, 6.07) is 0. The molecule has 410 valence electrons. The first-order chi connectivity index (χ1) is 35.0. The molecule has 0 heterocycles. The average Bonchev–Trinajstić information content (AvgIpc) is 3.37. The van der Waals surface area contributed by atoms with Crippen LogP contribution in [0.15, 0.2) is 72.9 Å². The number of hydrogen-bond acceptors (Lipinski definition) is 6. The second-order valence-corrected chi connectivity index (χ2v) is 20.2. The number of carbonyl (C=O) groups is 3. The zero-order valence-electron chi connectivity index (χ0n) is 47.0. The molecule has 0 aliphatic heterocycles. The van der Waals surface area contributed by atoms with Crippen LogP contribution in [0.2, 0.25) is 0 Å². The Kier molecular flexibility index (Phi) is 56.8. The molecule has 0 fully saturated rings. The molecule has 6 heteroatoms. The van der Waals surface area contributed by atoms with E-state index in [0.29, 0.717) is 19.3 Å². The van der Waals surface area contributed by atoms with Crippen LogP contribution in [-0.4, -0.2) is 37.2 Å². The van der Waals surface area contributed by atoms with Crippen molar-refractivity contribution in [3.63, 3.8) is 0 Å². The lowest BCUT2D eigenvalue weighted by molar-refractivity contribution is -0.167. The number of rotatable bonds is 55. The third kappa shape index (κ3) is 57.6. The Balaban J connectivity index is 4.29. The van der Waals surface area contributed by atoms with Gasteiger partial charge in [0.1, 0.15) is 13.2 Å². The largest absolute Gasteiger partial charge is 0.462 e. The summed E-state index contributed by atoms with van der Waals surface area (Å²) >= 11 is 0. The number of unbranched alkanes of at least 4 members (excludes halogenated alkanes) is 32. The molecule has 6 nitrogen and oxygen atoms in total. The van der Waals surface area contributed by atoms with Crippen molar-refractivity contribution in [1.82, 2.24) is 0 Å². The summed E-state index contributed by atoms with van der Waals surface area (Å²) in [5, 5.41) is 0. The van der Waals surface area contributed by atoms with Crippen LogP contribution < -0.4 is 0 Å². The summed E-state index contributed by atoms with van der Waals surface area (Å²) in [5.41, 5.74) is 0. The maximum absolute atomic E-state index is 12.9. The highest BCUT2D eigenvalue weighted by atomic mass is 16.6. The highest BCUT2D eigenvalue weighted by Crippen LogP contribution is 2.16. The molecule has 0 aromatic rings. The van der Waals surface area contributed by atoms with Crippen molar-refractivity contribution >= 4 is 17.9 Å². The molecule has 0 rings (SSSR count). The Hall–Kier alpha value is -3.15. The summed E-state index contributed by atoms with van der Waals surface area (Å²) in [6.45, 7) is 6.52. The van der Waals surface area contributed by atoms with Gasteiger partial charge in [0, 0.05) is 19.3 Å². The fourth-order valence-electron chi connectivity index (χ4n) is 8.64. The second kappa shape index (κ2) is 59.4. The zero-order valence-corrected chi connectivity index (χ0v) is 47.0. The molecule has 0 saturated heterocycles. The molecule has 0 spiro atoms. The number of allylic oxidation sites excluding steroid dienone is 12. The molecule has 0 aliphatic rings. The van der Waals surface area contributed by atoms with Gasteiger partial charge in [-0.05, 0) is 89.9 Å². The fraction of sp³-hybridized carbons (Fsp3) is 0.769. The lowest BCUT2D eigenvalue weighted by Crippen LogP contribution is -2.30. The minimum atomic E-state index is -0.779. The van der Waals surface area contributed by atoms with Crippen LogP contribution in [0.25, 0.3) is 0 Å². The molecule has 0 bridgehead atoms. The van der Waals surface area contributed by atoms with Gasteiger partial charge in [-0.1, -0.05) is 267 Å². The van der Waals surface area contributed by atoms with E-state index in [0.717, 1.165) is 103 Å². The van der Waals surface area contributed by atoms with Crippen molar-refractivity contribution in [3.05, 3.63) is 72.9 Å². The van der Waals surface area contributed by atoms with Crippen LogP contribution in [0.1, 0.15) is 303 Å². The van der Waals surface area contributed by atoms with Crippen LogP contribution in [0.4, 0.5) is 0 Å². The van der Waals surface area contributed by atoms with Gasteiger partial charge in [0.05, 0.1) is 0 Å². The van der Waals surface area contributed by atoms with Gasteiger partial charge < -0.3 is 14.2 Å². The molecular formula is C65H114O6. The second-order valence-electron chi connectivity index (χ2n) is 20.2. The van der Waals surface area contributed by atoms with Crippen LogP contribution in [-0.2, 0) is 28.6 Å². The molecule has 0 saturated carbocycles. The summed E-state index contributed by atoms with van der Waals surface area (Å²) in [5.74, 6) is -0.880. The lowest BCUT2D eigenvalue weighted by Gasteiger charge is -2.18. The Morgan fingerprint density at radius 1 is 0.296 bits per heavy atom. The lowest BCUT2D eigenvalue weighted by atomic mass is 10.0. The van der Waals surface area contributed by atoms with E-state index in [9.17, 15) is 14.4 Å². The maximum Gasteiger partial charge on any atom is 0.306 e. The molecule has 1 atom stereocenters. The van der Waals surface area contributed by atoms with Gasteiger partial charge in [-0.25, -0.2) is 0 Å². The van der Waals surface area contributed by atoms with Crippen molar-refractivity contribution in [1.29, 1.82) is 0 Å². The Labute approximate surface area is 440 Å². The van der Waals surface area contributed by atoms with E-state index in [2.05, 4.69) is 93.7 Å². The van der Waals surface area contributed by atoms with E-state index in [1.807, 2.05) is 0 Å². The van der Waals surface area contributed by atoms with Crippen molar-refractivity contribution < 1.29 is 28.6 Å². The average molecular weight is 992 g/mol. The van der Waals surface area contributed by atoms with E-state index >= 15 is 0 Å². The van der Waals surface area contributed by atoms with Crippen LogP contribution in [0, 0.1) is 0 Å². The van der Waals surface area contributed by atoms with E-state index in [-0.39, 0.29) is 31.1 Å². The van der Waals surface area contributed by atoms with Crippen molar-refractivity contribution in [3.8, 4) is 0 Å². The maximum atomic E-state index is 12.9. The van der Waals surface area contributed by atoms with E-state index < -0.39 is 6.10 Å². The third-order valence-electron chi connectivity index (χ3n) is 13.2. The monoisotopic (exact) mass is 991 g/mol. The summed E-state index contributed by atoms with van der Waals surface area (Å²) in [4.78, 5) is 38.2. The van der Waals surface area contributed by atoms with Gasteiger partial charge in [-0.3, -0.25) is 14.4 Å². The first-order valence-electron chi connectivity index (χ1n) is 30.4. The Morgan fingerprint density at radius 3 is 0.901 bits per heavy atom. The summed E-state index contributed by atoms with van der Waals surface area (Å²) < 4.78 is 16.9. The van der Waals surface area contributed by atoms with Gasteiger partial charge in [0.25, 0.3) is 0 Å². The van der Waals surface area contributed by atoms with Crippen LogP contribution in [0.3, 0.4) is 0 Å². The molecule has 71 heavy (non-hydrogen) atoms. The highest BCUT2D eigenvalue weighted by Gasteiger charge is 2.19. The highest BCUT2D eigenvalue weighted by molar-refractivity contribution is 5.71. The van der Waals surface area contributed by atoms with Gasteiger partial charge in [-0.15, -0.1) is 0 Å². The minimum absolute atomic E-state index is 0.0784. The summed E-state index contributed by atoms with van der Waals surface area (Å²) in [6.07, 6.45) is 76.1. The SMILES string of the molecule is CC/C=C\C/C=C\C/C=C\C/C=C\C/C=C\CCCCCCCCCCCC(=O)OCC(COC(=O)CCCCCCC/C=C\CCCCC)OC(=O)CCCCCCCCCCCCCCCCCC. The molecule has 0 aromatic carbocycles. The summed E-state index contributed by atoms with van der Waals surface area (Å²) in [7, 11) is 0. The predicted molar refractivity (Wildman–Crippen MR) is 307 cm³/mol.